The first-order valence-electron chi connectivity index (χ1n) is 4.84. The van der Waals surface area contributed by atoms with E-state index in [9.17, 15) is 19.6 Å². The van der Waals surface area contributed by atoms with E-state index in [1.165, 1.54) is 12.3 Å². The highest BCUT2D eigenvalue weighted by atomic mass is 16.5. The first kappa shape index (κ1) is 11.6. The number of amides is 4. The second-order valence-corrected chi connectivity index (χ2v) is 3.33. The van der Waals surface area contributed by atoms with E-state index in [2.05, 4.69) is 10.2 Å². The van der Waals surface area contributed by atoms with Gasteiger partial charge in [-0.1, -0.05) is 5.11 Å². The van der Waals surface area contributed by atoms with Crippen LogP contribution in [0.25, 0.3) is 0 Å². The molecule has 9 nitrogen and oxygen atoms in total. The highest BCUT2D eigenvalue weighted by Crippen LogP contribution is 2.06. The van der Waals surface area contributed by atoms with Crippen molar-refractivity contribution in [1.82, 2.24) is 10.6 Å². The van der Waals surface area contributed by atoms with E-state index in [4.69, 9.17) is 0 Å². The van der Waals surface area contributed by atoms with Crippen LogP contribution >= 0.6 is 0 Å². The van der Waals surface area contributed by atoms with Crippen LogP contribution in [0.5, 0.6) is 0 Å². The van der Waals surface area contributed by atoms with Crippen molar-refractivity contribution < 1.29 is 24.3 Å². The zero-order valence-electron chi connectivity index (χ0n) is 8.90. The summed E-state index contributed by atoms with van der Waals surface area (Å²) in [5.74, 6) is -1.70. The minimum atomic E-state index is -1.46. The van der Waals surface area contributed by atoms with Crippen molar-refractivity contribution >= 4 is 23.7 Å². The average Bonchev–Trinajstić information content (AvgIpc) is 2.30. The molecule has 1 fully saturated rings. The van der Waals surface area contributed by atoms with Crippen molar-refractivity contribution in [1.29, 1.82) is 0 Å². The number of imide groups is 2. The van der Waals surface area contributed by atoms with Crippen LogP contribution in [0.15, 0.2) is 34.6 Å². The van der Waals surface area contributed by atoms with Gasteiger partial charge >= 0.3 is 11.8 Å². The highest BCUT2D eigenvalue weighted by molar-refractivity contribution is 6.18. The van der Waals surface area contributed by atoms with Gasteiger partial charge in [-0.05, 0) is 16.9 Å². The Labute approximate surface area is 100 Å². The fourth-order valence-electron chi connectivity index (χ4n) is 1.24. The number of urea groups is 1. The van der Waals surface area contributed by atoms with Crippen molar-refractivity contribution in [2.24, 2.45) is 10.2 Å². The molecule has 2 rings (SSSR count). The Morgan fingerprint density at radius 1 is 1.17 bits per heavy atom. The monoisotopic (exact) mass is 250 g/mol. The van der Waals surface area contributed by atoms with Crippen molar-refractivity contribution in [3.05, 3.63) is 24.4 Å². The number of pyridine rings is 1. The summed E-state index contributed by atoms with van der Waals surface area (Å²) in [6.07, 6.45) is 1.30. The third-order valence-electron chi connectivity index (χ3n) is 2.06. The molecule has 92 valence electrons. The van der Waals surface area contributed by atoms with E-state index in [1.807, 2.05) is 10.6 Å². The standard InChI is InChI=1S/C9H7N5O4/c15-7-6(8(16)11-9(17)10-7)13-12-5-3-1-2-4-14(5)18/h1-4,6H,(H2-,10,11,13,15,16,17,18)/p+1. The topological polar surface area (TPSA) is 124 Å². The SMILES string of the molecule is O=C1NC(=O)C(N=Nc2cccc[n+]2O)C(=O)N1. The Bertz CT molecular complexity index is 536. The Morgan fingerprint density at radius 2 is 1.83 bits per heavy atom. The van der Waals surface area contributed by atoms with Crippen molar-refractivity contribution in [3.8, 4) is 0 Å². The van der Waals surface area contributed by atoms with Crippen LogP contribution in [0.1, 0.15) is 0 Å². The summed E-state index contributed by atoms with van der Waals surface area (Å²) >= 11 is 0. The summed E-state index contributed by atoms with van der Waals surface area (Å²) in [7, 11) is 0. The number of carbonyl (C=O) groups excluding carboxylic acids is 3. The number of hydrogen-bond acceptors (Lipinski definition) is 6. The lowest BCUT2D eigenvalue weighted by molar-refractivity contribution is -0.894. The van der Waals surface area contributed by atoms with Gasteiger partial charge in [-0.3, -0.25) is 20.2 Å². The Kier molecular flexibility index (Phi) is 2.96. The number of barbiturate groups is 1. The first-order chi connectivity index (χ1) is 8.58. The van der Waals surface area contributed by atoms with E-state index >= 15 is 0 Å². The Balaban J connectivity index is 2.19. The molecule has 3 N–H and O–H groups in total. The lowest BCUT2D eigenvalue weighted by atomic mass is 10.2. The zero-order valence-corrected chi connectivity index (χ0v) is 8.90. The van der Waals surface area contributed by atoms with Crippen molar-refractivity contribution in [2.45, 2.75) is 6.04 Å². The second kappa shape index (κ2) is 4.57. The van der Waals surface area contributed by atoms with Crippen molar-refractivity contribution in [2.75, 3.05) is 0 Å². The maximum absolute atomic E-state index is 11.3. The molecule has 1 saturated heterocycles. The quantitative estimate of drug-likeness (QED) is 0.270. The second-order valence-electron chi connectivity index (χ2n) is 3.33. The highest BCUT2D eigenvalue weighted by Gasteiger charge is 2.36. The normalized spacial score (nSPS) is 16.8. The van der Waals surface area contributed by atoms with Crippen LogP contribution in [0.3, 0.4) is 0 Å². The van der Waals surface area contributed by atoms with Crippen LogP contribution in [-0.2, 0) is 9.59 Å². The van der Waals surface area contributed by atoms with E-state index in [-0.39, 0.29) is 5.82 Å². The molecule has 0 aromatic carbocycles. The number of rotatable bonds is 2. The molecule has 18 heavy (non-hydrogen) atoms. The first-order valence-corrected chi connectivity index (χ1v) is 4.84. The molecule has 0 spiro atoms. The number of nitrogens with zero attached hydrogens (tertiary/aromatic N) is 3. The summed E-state index contributed by atoms with van der Waals surface area (Å²) < 4.78 is 0.674. The van der Waals surface area contributed by atoms with Gasteiger partial charge in [0.2, 0.25) is 0 Å². The molecule has 9 heteroatoms. The fraction of sp³-hybridized carbons (Fsp3) is 0.111. The summed E-state index contributed by atoms with van der Waals surface area (Å²) in [5.41, 5.74) is 0. The van der Waals surface area contributed by atoms with E-state index < -0.39 is 23.9 Å². The van der Waals surface area contributed by atoms with Gasteiger partial charge in [0.1, 0.15) is 6.20 Å². The number of aromatic nitrogens is 1. The average molecular weight is 250 g/mol. The molecule has 0 atom stereocenters. The molecule has 0 unspecified atom stereocenters. The van der Waals surface area contributed by atoms with Crippen LogP contribution in [-0.4, -0.2) is 29.1 Å². The number of carbonyl (C=O) groups is 3. The third-order valence-corrected chi connectivity index (χ3v) is 2.06. The smallest absolute Gasteiger partial charge is 0.350 e. The molecule has 0 bridgehead atoms. The molecular formula is C9H8N5O4+. The Hall–Kier alpha value is -2.84. The predicted molar refractivity (Wildman–Crippen MR) is 53.8 cm³/mol. The largest absolute Gasteiger partial charge is 0.388 e. The summed E-state index contributed by atoms with van der Waals surface area (Å²) in [4.78, 5) is 33.4. The summed E-state index contributed by atoms with van der Waals surface area (Å²) in [5, 5.41) is 20.1. The molecule has 1 aromatic heterocycles. The maximum Gasteiger partial charge on any atom is 0.388 e. The molecule has 0 saturated carbocycles. The van der Waals surface area contributed by atoms with Gasteiger partial charge < -0.3 is 5.21 Å². The molecule has 0 aliphatic carbocycles. The van der Waals surface area contributed by atoms with Crippen LogP contribution in [0.4, 0.5) is 10.6 Å². The maximum atomic E-state index is 11.3. The van der Waals surface area contributed by atoms with E-state index in [0.29, 0.717) is 4.73 Å². The molecule has 0 radical (unpaired) electrons. The molecule has 1 aromatic rings. The predicted octanol–water partition coefficient (Wildman–Crippen LogP) is -0.970. The molecule has 1 aliphatic heterocycles. The number of hydrogen-bond donors (Lipinski definition) is 3. The minimum absolute atomic E-state index is 0.0370. The number of nitrogens with one attached hydrogen (secondary N) is 2. The Morgan fingerprint density at radius 3 is 2.44 bits per heavy atom. The van der Waals surface area contributed by atoms with Gasteiger partial charge in [0.25, 0.3) is 17.9 Å². The van der Waals surface area contributed by atoms with Gasteiger partial charge in [-0.2, -0.15) is 0 Å². The molecule has 2 heterocycles. The van der Waals surface area contributed by atoms with Crippen molar-refractivity contribution in [3.63, 3.8) is 0 Å². The zero-order chi connectivity index (χ0) is 13.1. The number of azo groups is 1. The fourth-order valence-corrected chi connectivity index (χ4v) is 1.24. The van der Waals surface area contributed by atoms with Gasteiger partial charge in [-0.25, -0.2) is 4.79 Å². The third kappa shape index (κ3) is 2.29. The minimum Gasteiger partial charge on any atom is -0.350 e. The van der Waals surface area contributed by atoms with Crippen LogP contribution in [0, 0.1) is 0 Å². The summed E-state index contributed by atoms with van der Waals surface area (Å²) in [6, 6.07) is 2.22. The molecular weight excluding hydrogens is 242 g/mol. The van der Waals surface area contributed by atoms with Gasteiger partial charge in [0.15, 0.2) is 0 Å². The lowest BCUT2D eigenvalue weighted by Gasteiger charge is -2.14. The van der Waals surface area contributed by atoms with E-state index in [1.54, 1.807) is 12.1 Å². The van der Waals surface area contributed by atoms with Gasteiger partial charge in [0, 0.05) is 6.07 Å². The van der Waals surface area contributed by atoms with Crippen LogP contribution in [0.2, 0.25) is 0 Å². The lowest BCUT2D eigenvalue weighted by Crippen LogP contribution is -2.57. The van der Waals surface area contributed by atoms with Gasteiger partial charge in [-0.15, -0.1) is 0 Å². The van der Waals surface area contributed by atoms with Gasteiger partial charge in [0.05, 0.1) is 5.11 Å². The summed E-state index contributed by atoms with van der Waals surface area (Å²) in [6.45, 7) is 0. The van der Waals surface area contributed by atoms with Crippen LogP contribution < -0.4 is 15.4 Å². The van der Waals surface area contributed by atoms with E-state index in [0.717, 1.165) is 0 Å². The molecule has 4 amide bonds. The molecule has 1 aliphatic rings.